The molecule has 220 valence electrons. The maximum absolute atomic E-state index is 13.4. The standard InChI is InChI=1S/C25H26ClF6N3O5/c1-13(2)39-23(37)40-35-7-5-6-19(21-20(35)11-18(26)22(33-21)38-4)34(14(3)36)12-15-8-16(24(27,28)29)10-17(9-15)25(30,31)32/h8-11,13,19H,5-7,12H2,1-4H3. The van der Waals surface area contributed by atoms with Gasteiger partial charge >= 0.3 is 18.5 Å². The minimum atomic E-state index is -5.06. The van der Waals surface area contributed by atoms with Gasteiger partial charge in [-0.3, -0.25) is 4.79 Å². The van der Waals surface area contributed by atoms with Crippen molar-refractivity contribution in [2.75, 3.05) is 18.7 Å². The van der Waals surface area contributed by atoms with Crippen molar-refractivity contribution < 1.29 is 50.2 Å². The van der Waals surface area contributed by atoms with Gasteiger partial charge in [-0.2, -0.15) is 26.3 Å². The van der Waals surface area contributed by atoms with E-state index in [1.807, 2.05) is 0 Å². The lowest BCUT2D eigenvalue weighted by Gasteiger charge is -2.32. The molecule has 0 spiro atoms. The zero-order valence-corrected chi connectivity index (χ0v) is 22.6. The Labute approximate surface area is 230 Å². The number of rotatable bonds is 6. The highest BCUT2D eigenvalue weighted by Crippen LogP contribution is 2.42. The molecule has 1 aliphatic heterocycles. The van der Waals surface area contributed by atoms with Crippen LogP contribution >= 0.6 is 11.6 Å². The van der Waals surface area contributed by atoms with E-state index in [2.05, 4.69) is 4.98 Å². The molecule has 0 bridgehead atoms. The number of nitrogens with zero attached hydrogens (tertiary/aromatic N) is 3. The molecule has 40 heavy (non-hydrogen) atoms. The second-order valence-corrected chi connectivity index (χ2v) is 9.62. The van der Waals surface area contributed by atoms with Crippen LogP contribution in [0.4, 0.5) is 36.8 Å². The van der Waals surface area contributed by atoms with Crippen LogP contribution in [0.2, 0.25) is 5.02 Å². The molecule has 0 radical (unpaired) electrons. The molecule has 1 amide bonds. The number of alkyl halides is 6. The third-order valence-corrected chi connectivity index (χ3v) is 6.14. The second kappa shape index (κ2) is 12.0. The summed E-state index contributed by atoms with van der Waals surface area (Å²) in [5.74, 6) is -0.704. The Balaban J connectivity index is 2.10. The van der Waals surface area contributed by atoms with Crippen LogP contribution in [0, 0.1) is 0 Å². The number of hydroxylamine groups is 1. The van der Waals surface area contributed by atoms with Crippen molar-refractivity contribution in [3.63, 3.8) is 0 Å². The van der Waals surface area contributed by atoms with E-state index in [1.165, 1.54) is 13.2 Å². The summed E-state index contributed by atoms with van der Waals surface area (Å²) in [5.41, 5.74) is -3.15. The van der Waals surface area contributed by atoms with Gasteiger partial charge in [0.25, 0.3) is 0 Å². The molecule has 0 saturated carbocycles. The Morgan fingerprint density at radius 2 is 1.70 bits per heavy atom. The summed E-state index contributed by atoms with van der Waals surface area (Å²) in [7, 11) is 1.28. The number of ether oxygens (including phenoxy) is 2. The Hall–Kier alpha value is -3.42. The zero-order valence-electron chi connectivity index (χ0n) is 21.8. The highest BCUT2D eigenvalue weighted by molar-refractivity contribution is 6.32. The van der Waals surface area contributed by atoms with Crippen molar-refractivity contribution in [2.24, 2.45) is 0 Å². The fourth-order valence-corrected chi connectivity index (χ4v) is 4.42. The largest absolute Gasteiger partial charge is 0.533 e. The second-order valence-electron chi connectivity index (χ2n) is 9.21. The van der Waals surface area contributed by atoms with Gasteiger partial charge in [-0.05, 0) is 56.5 Å². The van der Waals surface area contributed by atoms with Crippen molar-refractivity contribution in [2.45, 2.75) is 64.7 Å². The van der Waals surface area contributed by atoms with Crippen LogP contribution in [0.1, 0.15) is 62.0 Å². The number of amides is 1. The highest BCUT2D eigenvalue weighted by atomic mass is 35.5. The quantitative estimate of drug-likeness (QED) is 0.263. The third kappa shape index (κ3) is 7.40. The molecule has 2 aromatic rings. The molecular formula is C25H26ClF6N3O5. The average molecular weight is 598 g/mol. The maximum atomic E-state index is 13.4. The van der Waals surface area contributed by atoms with E-state index in [0.29, 0.717) is 12.1 Å². The Morgan fingerprint density at radius 3 is 2.20 bits per heavy atom. The fraction of sp³-hybridized carbons (Fsp3) is 0.480. The number of fused-ring (bicyclic) bond motifs is 1. The molecule has 1 unspecified atom stereocenters. The molecule has 1 atom stereocenters. The Morgan fingerprint density at radius 1 is 1.10 bits per heavy atom. The molecule has 1 aliphatic rings. The van der Waals surface area contributed by atoms with Gasteiger partial charge in [-0.1, -0.05) is 11.6 Å². The van der Waals surface area contributed by atoms with Crippen LogP contribution in [0.5, 0.6) is 5.88 Å². The predicted molar refractivity (Wildman–Crippen MR) is 130 cm³/mol. The minimum Gasteiger partial charge on any atom is -0.480 e. The van der Waals surface area contributed by atoms with E-state index in [0.717, 1.165) is 16.9 Å². The number of anilines is 1. The summed E-state index contributed by atoms with van der Waals surface area (Å²) in [6.07, 6.45) is -11.2. The van der Waals surface area contributed by atoms with Crippen molar-refractivity contribution in [1.82, 2.24) is 9.88 Å². The molecule has 1 aromatic carbocycles. The van der Waals surface area contributed by atoms with E-state index < -0.39 is 59.8 Å². The van der Waals surface area contributed by atoms with Crippen LogP contribution in [0.15, 0.2) is 24.3 Å². The number of methoxy groups -OCH3 is 1. The van der Waals surface area contributed by atoms with Gasteiger partial charge < -0.3 is 19.2 Å². The van der Waals surface area contributed by atoms with E-state index in [-0.39, 0.29) is 47.7 Å². The number of halogens is 7. The first-order valence-electron chi connectivity index (χ1n) is 12.0. The lowest BCUT2D eigenvalue weighted by Crippen LogP contribution is -2.34. The summed E-state index contributed by atoms with van der Waals surface area (Å²) < 4.78 is 90.9. The number of hydrogen-bond donors (Lipinski definition) is 0. The molecule has 8 nitrogen and oxygen atoms in total. The van der Waals surface area contributed by atoms with Gasteiger partial charge in [0.05, 0.1) is 42.6 Å². The average Bonchev–Trinajstić information content (AvgIpc) is 2.99. The van der Waals surface area contributed by atoms with Gasteiger partial charge in [0, 0.05) is 13.5 Å². The van der Waals surface area contributed by atoms with Gasteiger partial charge in [0.2, 0.25) is 11.8 Å². The number of aromatic nitrogens is 1. The number of carbonyl (C=O) groups excluding carboxylic acids is 2. The van der Waals surface area contributed by atoms with E-state index in [4.69, 9.17) is 25.9 Å². The van der Waals surface area contributed by atoms with Gasteiger partial charge in [0.15, 0.2) is 0 Å². The summed E-state index contributed by atoms with van der Waals surface area (Å²) in [6, 6.07) is 1.56. The predicted octanol–water partition coefficient (Wildman–Crippen LogP) is 6.95. The SMILES string of the molecule is COc1nc2c(cc1Cl)N(OC(=O)OC(C)C)CCCC2N(Cc1cc(C(F)(F)F)cc(C(F)(F)F)c1)C(C)=O. The van der Waals surface area contributed by atoms with Crippen LogP contribution in [-0.2, 0) is 33.3 Å². The van der Waals surface area contributed by atoms with Crippen molar-refractivity contribution in [3.05, 3.63) is 51.7 Å². The first-order valence-corrected chi connectivity index (χ1v) is 12.3. The van der Waals surface area contributed by atoms with E-state index >= 15 is 0 Å². The number of pyridine rings is 1. The van der Waals surface area contributed by atoms with Gasteiger partial charge in [-0.15, -0.1) is 0 Å². The number of hydrogen-bond acceptors (Lipinski definition) is 7. The smallest absolute Gasteiger partial charge is 0.480 e. The van der Waals surface area contributed by atoms with E-state index in [1.54, 1.807) is 13.8 Å². The van der Waals surface area contributed by atoms with Crippen LogP contribution in [-0.4, -0.2) is 41.7 Å². The lowest BCUT2D eigenvalue weighted by atomic mass is 10.0. The third-order valence-electron chi connectivity index (χ3n) is 5.87. The van der Waals surface area contributed by atoms with E-state index in [9.17, 15) is 35.9 Å². The van der Waals surface area contributed by atoms with Crippen LogP contribution in [0.25, 0.3) is 0 Å². The first kappa shape index (κ1) is 31.1. The van der Waals surface area contributed by atoms with Crippen molar-refractivity contribution in [3.8, 4) is 5.88 Å². The molecular weight excluding hydrogens is 572 g/mol. The summed E-state index contributed by atoms with van der Waals surface area (Å²) in [4.78, 5) is 35.8. The van der Waals surface area contributed by atoms with Gasteiger partial charge in [0.1, 0.15) is 10.7 Å². The first-order chi connectivity index (χ1) is 18.5. The van der Waals surface area contributed by atoms with Crippen molar-refractivity contribution in [1.29, 1.82) is 0 Å². The Bertz CT molecular complexity index is 1220. The maximum Gasteiger partial charge on any atom is 0.533 e. The lowest BCUT2D eigenvalue weighted by molar-refractivity contribution is -0.143. The Kier molecular flexibility index (Phi) is 9.32. The zero-order chi connectivity index (χ0) is 30.0. The molecule has 0 aliphatic carbocycles. The molecule has 2 heterocycles. The highest BCUT2D eigenvalue weighted by Gasteiger charge is 2.38. The number of carbonyl (C=O) groups is 2. The summed E-state index contributed by atoms with van der Waals surface area (Å²) in [5, 5.41) is 1.18. The van der Waals surface area contributed by atoms with Crippen molar-refractivity contribution >= 4 is 29.4 Å². The van der Waals surface area contributed by atoms with Gasteiger partial charge in [-0.25, -0.2) is 14.8 Å². The molecule has 0 N–H and O–H groups in total. The summed E-state index contributed by atoms with van der Waals surface area (Å²) >= 11 is 6.26. The topological polar surface area (TPSA) is 81.2 Å². The summed E-state index contributed by atoms with van der Waals surface area (Å²) in [6.45, 7) is 3.84. The molecule has 1 aromatic heterocycles. The van der Waals surface area contributed by atoms with Crippen LogP contribution in [0.3, 0.4) is 0 Å². The number of benzene rings is 1. The normalized spacial score (nSPS) is 15.8. The molecule has 0 fully saturated rings. The minimum absolute atomic E-state index is 0.0163. The fourth-order valence-electron chi connectivity index (χ4n) is 4.20. The molecule has 15 heteroatoms. The monoisotopic (exact) mass is 597 g/mol. The molecule has 0 saturated heterocycles. The molecule has 3 rings (SSSR count). The van der Waals surface area contributed by atoms with Crippen LogP contribution < -0.4 is 9.80 Å².